The van der Waals surface area contributed by atoms with Crippen LogP contribution in [0.25, 0.3) is 22.9 Å². The van der Waals surface area contributed by atoms with E-state index in [-0.39, 0.29) is 0 Å². The number of ether oxygens (including phenoxy) is 2. The average Bonchev–Trinajstić information content (AvgIpc) is 3.04. The molecule has 0 saturated carbocycles. The number of hydrogen-bond acceptors (Lipinski definition) is 5. The number of hydrogen-bond donors (Lipinski definition) is 0. The molecule has 2 heterocycles. The van der Waals surface area contributed by atoms with Crippen molar-refractivity contribution in [1.82, 2.24) is 10.2 Å². The van der Waals surface area contributed by atoms with Crippen molar-refractivity contribution in [3.8, 4) is 34.4 Å². The summed E-state index contributed by atoms with van der Waals surface area (Å²) in [5.74, 6) is 2.35. The zero-order valence-electron chi connectivity index (χ0n) is 11.5. The molecule has 0 bridgehead atoms. The van der Waals surface area contributed by atoms with E-state index >= 15 is 0 Å². The third-order valence-corrected chi connectivity index (χ3v) is 4.01. The fourth-order valence-corrected chi connectivity index (χ4v) is 2.71. The first-order valence-corrected chi connectivity index (χ1v) is 7.59. The summed E-state index contributed by atoms with van der Waals surface area (Å²) in [5, 5.41) is 8.24. The third kappa shape index (κ3) is 2.35. The van der Waals surface area contributed by atoms with E-state index in [9.17, 15) is 0 Å². The summed E-state index contributed by atoms with van der Waals surface area (Å²) in [6.45, 7) is 1.11. The highest BCUT2D eigenvalue weighted by atomic mass is 79.9. The molecule has 5 nitrogen and oxygen atoms in total. The maximum absolute atomic E-state index is 5.78. The van der Waals surface area contributed by atoms with Crippen LogP contribution >= 0.6 is 15.9 Å². The van der Waals surface area contributed by atoms with Gasteiger partial charge in [0.2, 0.25) is 11.8 Å². The Balaban J connectivity index is 1.71. The SMILES string of the molecule is Brc1ccccc1-c1nnc(-c2ccc3c(c2)OCCO3)o1. The number of halogens is 1. The first-order valence-electron chi connectivity index (χ1n) is 6.80. The van der Waals surface area contributed by atoms with E-state index in [2.05, 4.69) is 26.1 Å². The first-order chi connectivity index (χ1) is 10.8. The number of aromatic nitrogens is 2. The van der Waals surface area contributed by atoms with Gasteiger partial charge in [-0.05, 0) is 46.3 Å². The van der Waals surface area contributed by atoms with Gasteiger partial charge in [0, 0.05) is 10.0 Å². The molecule has 0 amide bonds. The van der Waals surface area contributed by atoms with Gasteiger partial charge in [-0.1, -0.05) is 12.1 Å². The number of fused-ring (bicyclic) bond motifs is 1. The maximum atomic E-state index is 5.78. The van der Waals surface area contributed by atoms with Crippen molar-refractivity contribution in [3.05, 3.63) is 46.9 Å². The van der Waals surface area contributed by atoms with Crippen molar-refractivity contribution in [2.24, 2.45) is 0 Å². The Morgan fingerprint density at radius 2 is 1.64 bits per heavy atom. The average molecular weight is 359 g/mol. The molecule has 0 radical (unpaired) electrons. The smallest absolute Gasteiger partial charge is 0.249 e. The van der Waals surface area contributed by atoms with E-state index in [1.54, 1.807) is 0 Å². The molecule has 0 fully saturated rings. The van der Waals surface area contributed by atoms with Crippen molar-refractivity contribution in [2.75, 3.05) is 13.2 Å². The number of benzene rings is 2. The topological polar surface area (TPSA) is 57.4 Å². The summed E-state index contributed by atoms with van der Waals surface area (Å²) in [5.41, 5.74) is 1.66. The van der Waals surface area contributed by atoms with Crippen LogP contribution in [0.3, 0.4) is 0 Å². The van der Waals surface area contributed by atoms with Crippen LogP contribution in [0.15, 0.2) is 51.4 Å². The van der Waals surface area contributed by atoms with Gasteiger partial charge in [0.15, 0.2) is 11.5 Å². The number of rotatable bonds is 2. The lowest BCUT2D eigenvalue weighted by Crippen LogP contribution is -2.15. The molecule has 0 saturated heterocycles. The molecule has 4 rings (SSSR count). The van der Waals surface area contributed by atoms with Crippen LogP contribution in [-0.4, -0.2) is 23.4 Å². The standard InChI is InChI=1S/C16H11BrN2O3/c17-12-4-2-1-3-11(12)16-19-18-15(22-16)10-5-6-13-14(9-10)21-8-7-20-13/h1-6,9H,7-8H2. The summed E-state index contributed by atoms with van der Waals surface area (Å²) in [6, 6.07) is 13.3. The summed E-state index contributed by atoms with van der Waals surface area (Å²) >= 11 is 3.48. The lowest BCUT2D eigenvalue weighted by Gasteiger charge is -2.18. The summed E-state index contributed by atoms with van der Waals surface area (Å²) in [7, 11) is 0. The predicted octanol–water partition coefficient (Wildman–Crippen LogP) is 3.94. The molecule has 0 atom stereocenters. The molecule has 0 aliphatic carbocycles. The summed E-state index contributed by atoms with van der Waals surface area (Å²) < 4.78 is 17.8. The quantitative estimate of drug-likeness (QED) is 0.694. The van der Waals surface area contributed by atoms with Gasteiger partial charge in [0.05, 0.1) is 5.56 Å². The second kappa shape index (κ2) is 5.46. The van der Waals surface area contributed by atoms with Crippen molar-refractivity contribution < 1.29 is 13.9 Å². The van der Waals surface area contributed by atoms with Gasteiger partial charge >= 0.3 is 0 Å². The highest BCUT2D eigenvalue weighted by Crippen LogP contribution is 2.35. The van der Waals surface area contributed by atoms with Crippen LogP contribution in [0.4, 0.5) is 0 Å². The molecular formula is C16H11BrN2O3. The lowest BCUT2D eigenvalue weighted by molar-refractivity contribution is 0.171. The fraction of sp³-hybridized carbons (Fsp3) is 0.125. The van der Waals surface area contributed by atoms with Gasteiger partial charge in [-0.15, -0.1) is 10.2 Å². The van der Waals surface area contributed by atoms with Gasteiger partial charge in [-0.3, -0.25) is 0 Å². The third-order valence-electron chi connectivity index (χ3n) is 3.32. The molecule has 0 N–H and O–H groups in total. The van der Waals surface area contributed by atoms with Crippen LogP contribution < -0.4 is 9.47 Å². The molecule has 0 spiro atoms. The van der Waals surface area contributed by atoms with E-state index in [0.717, 1.165) is 21.3 Å². The molecule has 110 valence electrons. The molecular weight excluding hydrogens is 348 g/mol. The van der Waals surface area contributed by atoms with Crippen molar-refractivity contribution in [2.45, 2.75) is 0 Å². The lowest BCUT2D eigenvalue weighted by atomic mass is 10.2. The highest BCUT2D eigenvalue weighted by Gasteiger charge is 2.16. The molecule has 6 heteroatoms. The van der Waals surface area contributed by atoms with Gasteiger partial charge < -0.3 is 13.9 Å². The Morgan fingerprint density at radius 3 is 2.50 bits per heavy atom. The van der Waals surface area contributed by atoms with Gasteiger partial charge in [-0.25, -0.2) is 0 Å². The van der Waals surface area contributed by atoms with Crippen LogP contribution in [0.2, 0.25) is 0 Å². The molecule has 1 aliphatic rings. The minimum atomic E-state index is 0.447. The van der Waals surface area contributed by atoms with E-state index in [4.69, 9.17) is 13.9 Å². The largest absolute Gasteiger partial charge is 0.486 e. The second-order valence-corrected chi connectivity index (χ2v) is 5.60. The fourth-order valence-electron chi connectivity index (χ4n) is 2.26. The molecule has 2 aromatic carbocycles. The molecule has 3 aromatic rings. The van der Waals surface area contributed by atoms with Crippen molar-refractivity contribution in [3.63, 3.8) is 0 Å². The summed E-state index contributed by atoms with van der Waals surface area (Å²) in [6.07, 6.45) is 0. The van der Waals surface area contributed by atoms with Crippen molar-refractivity contribution in [1.29, 1.82) is 0 Å². The normalized spacial score (nSPS) is 13.1. The Morgan fingerprint density at radius 1 is 0.864 bits per heavy atom. The van der Waals surface area contributed by atoms with E-state index < -0.39 is 0 Å². The van der Waals surface area contributed by atoms with E-state index in [0.29, 0.717) is 30.7 Å². The van der Waals surface area contributed by atoms with Gasteiger partial charge in [0.1, 0.15) is 13.2 Å². The van der Waals surface area contributed by atoms with Crippen LogP contribution in [0, 0.1) is 0 Å². The van der Waals surface area contributed by atoms with E-state index in [1.807, 2.05) is 42.5 Å². The zero-order chi connectivity index (χ0) is 14.9. The monoisotopic (exact) mass is 358 g/mol. The predicted molar refractivity (Wildman–Crippen MR) is 83.9 cm³/mol. The minimum Gasteiger partial charge on any atom is -0.486 e. The van der Waals surface area contributed by atoms with Crippen molar-refractivity contribution >= 4 is 15.9 Å². The molecule has 22 heavy (non-hydrogen) atoms. The molecule has 1 aliphatic heterocycles. The van der Waals surface area contributed by atoms with Crippen LogP contribution in [-0.2, 0) is 0 Å². The zero-order valence-corrected chi connectivity index (χ0v) is 13.0. The number of nitrogens with zero attached hydrogens (tertiary/aromatic N) is 2. The Bertz CT molecular complexity index is 832. The van der Waals surface area contributed by atoms with E-state index in [1.165, 1.54) is 0 Å². The first kappa shape index (κ1) is 13.3. The molecule has 1 aromatic heterocycles. The summed E-state index contributed by atoms with van der Waals surface area (Å²) in [4.78, 5) is 0. The van der Waals surface area contributed by atoms with Gasteiger partial charge in [-0.2, -0.15) is 0 Å². The van der Waals surface area contributed by atoms with Gasteiger partial charge in [0.25, 0.3) is 0 Å². The minimum absolute atomic E-state index is 0.447. The maximum Gasteiger partial charge on any atom is 0.249 e. The van der Waals surface area contributed by atoms with Crippen LogP contribution in [0.5, 0.6) is 11.5 Å². The Kier molecular flexibility index (Phi) is 3.31. The molecule has 0 unspecified atom stereocenters. The Labute approximate surface area is 135 Å². The Hall–Kier alpha value is -2.34. The highest BCUT2D eigenvalue weighted by molar-refractivity contribution is 9.10. The van der Waals surface area contributed by atoms with Crippen LogP contribution in [0.1, 0.15) is 0 Å². The second-order valence-electron chi connectivity index (χ2n) is 4.75.